The lowest BCUT2D eigenvalue weighted by Crippen LogP contribution is -2.15. The topological polar surface area (TPSA) is 43.4 Å². The molecule has 0 amide bonds. The largest absolute Gasteiger partial charge is 0.457 e. The zero-order valence-corrected chi connectivity index (χ0v) is 16.8. The molecule has 27 heavy (non-hydrogen) atoms. The summed E-state index contributed by atoms with van der Waals surface area (Å²) in [6, 6.07) is 16.7. The first-order valence-electron chi connectivity index (χ1n) is 9.78. The molecule has 3 rings (SSSR count). The molecule has 0 N–H and O–H groups in total. The van der Waals surface area contributed by atoms with E-state index < -0.39 is 6.10 Å². The van der Waals surface area contributed by atoms with E-state index in [1.54, 1.807) is 0 Å². The number of rotatable bonds is 5. The monoisotopic (exact) mass is 366 g/mol. The van der Waals surface area contributed by atoms with Crippen LogP contribution >= 0.6 is 0 Å². The van der Waals surface area contributed by atoms with Crippen molar-refractivity contribution < 1.29 is 14.3 Å². The van der Waals surface area contributed by atoms with Gasteiger partial charge in [-0.25, -0.2) is 0 Å². The van der Waals surface area contributed by atoms with Crippen LogP contribution in [0.4, 0.5) is 0 Å². The Morgan fingerprint density at radius 2 is 1.59 bits per heavy atom. The Bertz CT molecular complexity index is 744. The highest BCUT2D eigenvalue weighted by Gasteiger charge is 2.38. The molecule has 144 valence electrons. The molecule has 3 heteroatoms. The summed E-state index contributed by atoms with van der Waals surface area (Å²) in [5.74, 6) is -0.600. The number of cyclic esters (lactones) is 1. The first-order chi connectivity index (χ1) is 12.9. The van der Waals surface area contributed by atoms with E-state index in [1.807, 2.05) is 31.2 Å². The molecule has 1 aliphatic rings. The number of Topliss-reactive ketones (excluding diaryl/α,β-unsaturated/α-hetero) is 1. The molecule has 0 spiro atoms. The van der Waals surface area contributed by atoms with Gasteiger partial charge in [0.1, 0.15) is 11.9 Å². The number of ether oxygens (including phenoxy) is 1. The number of ketones is 1. The van der Waals surface area contributed by atoms with Gasteiger partial charge < -0.3 is 4.74 Å². The van der Waals surface area contributed by atoms with Crippen LogP contribution in [0.3, 0.4) is 0 Å². The summed E-state index contributed by atoms with van der Waals surface area (Å²) in [7, 11) is 0. The van der Waals surface area contributed by atoms with Crippen LogP contribution in [-0.4, -0.2) is 11.8 Å². The first-order valence-corrected chi connectivity index (χ1v) is 9.78. The number of aryl methyl sites for hydroxylation is 3. The molecule has 1 saturated heterocycles. The van der Waals surface area contributed by atoms with Gasteiger partial charge in [-0.3, -0.25) is 9.59 Å². The van der Waals surface area contributed by atoms with Crippen molar-refractivity contribution in [2.45, 2.75) is 59.5 Å². The maximum absolute atomic E-state index is 11.4. The first kappa shape index (κ1) is 20.9. The molecule has 2 aromatic rings. The minimum Gasteiger partial charge on any atom is -0.457 e. The summed E-state index contributed by atoms with van der Waals surface area (Å²) < 4.78 is 5.20. The van der Waals surface area contributed by atoms with Crippen molar-refractivity contribution in [3.63, 3.8) is 0 Å². The fourth-order valence-corrected chi connectivity index (χ4v) is 3.20. The lowest BCUT2D eigenvalue weighted by atomic mass is 9.92. The normalized spacial score (nSPS) is 18.4. The van der Waals surface area contributed by atoms with Crippen molar-refractivity contribution >= 4 is 11.8 Å². The Hall–Kier alpha value is -2.42. The number of benzene rings is 2. The molecule has 3 nitrogen and oxygen atoms in total. The number of esters is 1. The van der Waals surface area contributed by atoms with Gasteiger partial charge in [0.05, 0.1) is 12.3 Å². The molecule has 1 heterocycles. The fraction of sp³-hybridized carbons (Fsp3) is 0.417. The van der Waals surface area contributed by atoms with Crippen LogP contribution < -0.4 is 0 Å². The van der Waals surface area contributed by atoms with E-state index >= 15 is 0 Å². The fourth-order valence-electron chi connectivity index (χ4n) is 3.20. The van der Waals surface area contributed by atoms with Gasteiger partial charge in [0.2, 0.25) is 0 Å². The second-order valence-electron chi connectivity index (χ2n) is 7.16. The number of carbonyl (C=O) groups is 2. The smallest absolute Gasteiger partial charge is 0.307 e. The molecular formula is C24H30O3. The number of carbonyl (C=O) groups excluding carboxylic acids is 2. The summed E-state index contributed by atoms with van der Waals surface area (Å²) in [6.07, 6.45) is 3.40. The SMILES string of the molecule is CC(=O)[C@H]1CC(=O)O[C@@H]1c1ccc(C)cc1.CCCc1ccc(CC)cc1. The Kier molecular flexibility index (Phi) is 7.78. The molecule has 1 aliphatic heterocycles. The van der Waals surface area contributed by atoms with Gasteiger partial charge in [-0.2, -0.15) is 0 Å². The van der Waals surface area contributed by atoms with Crippen LogP contribution in [0.1, 0.15) is 62.0 Å². The zero-order valence-electron chi connectivity index (χ0n) is 16.8. The van der Waals surface area contributed by atoms with E-state index in [0.717, 1.165) is 17.5 Å². The van der Waals surface area contributed by atoms with Gasteiger partial charge in [0.25, 0.3) is 0 Å². The molecule has 2 aromatic carbocycles. The number of hydrogen-bond donors (Lipinski definition) is 0. The second-order valence-corrected chi connectivity index (χ2v) is 7.16. The summed E-state index contributed by atoms with van der Waals surface area (Å²) in [4.78, 5) is 22.6. The van der Waals surface area contributed by atoms with Crippen molar-refractivity contribution in [1.29, 1.82) is 0 Å². The van der Waals surface area contributed by atoms with Crippen LogP contribution in [0.5, 0.6) is 0 Å². The Balaban J connectivity index is 0.000000208. The molecule has 0 saturated carbocycles. The van der Waals surface area contributed by atoms with Gasteiger partial charge >= 0.3 is 5.97 Å². The lowest BCUT2D eigenvalue weighted by molar-refractivity contribution is -0.141. The van der Waals surface area contributed by atoms with E-state index in [4.69, 9.17) is 4.74 Å². The maximum atomic E-state index is 11.4. The van der Waals surface area contributed by atoms with E-state index in [-0.39, 0.29) is 24.1 Å². The van der Waals surface area contributed by atoms with Crippen molar-refractivity contribution in [3.05, 3.63) is 70.8 Å². The van der Waals surface area contributed by atoms with Crippen LogP contribution in [-0.2, 0) is 27.2 Å². The summed E-state index contributed by atoms with van der Waals surface area (Å²) in [5, 5.41) is 0. The van der Waals surface area contributed by atoms with E-state index in [2.05, 4.69) is 38.1 Å². The number of hydrogen-bond acceptors (Lipinski definition) is 3. The van der Waals surface area contributed by atoms with E-state index in [9.17, 15) is 9.59 Å². The average Bonchev–Trinajstić information content (AvgIpc) is 3.06. The third kappa shape index (κ3) is 6.06. The predicted molar refractivity (Wildman–Crippen MR) is 109 cm³/mol. The quantitative estimate of drug-likeness (QED) is 0.666. The van der Waals surface area contributed by atoms with E-state index in [1.165, 1.54) is 30.9 Å². The van der Waals surface area contributed by atoms with Gasteiger partial charge in [-0.15, -0.1) is 0 Å². The molecular weight excluding hydrogens is 336 g/mol. The zero-order chi connectivity index (χ0) is 19.8. The van der Waals surface area contributed by atoms with Crippen LogP contribution in [0.25, 0.3) is 0 Å². The molecule has 0 unspecified atom stereocenters. The highest BCUT2D eigenvalue weighted by Crippen LogP contribution is 2.35. The third-order valence-corrected chi connectivity index (χ3v) is 4.91. The molecule has 2 atom stereocenters. The second kappa shape index (κ2) is 10.1. The van der Waals surface area contributed by atoms with E-state index in [0.29, 0.717) is 0 Å². The minimum atomic E-state index is -0.398. The van der Waals surface area contributed by atoms with Crippen LogP contribution in [0.2, 0.25) is 0 Å². The average molecular weight is 367 g/mol. The molecule has 1 fully saturated rings. The van der Waals surface area contributed by atoms with Gasteiger partial charge in [0.15, 0.2) is 0 Å². The molecule has 0 aliphatic carbocycles. The van der Waals surface area contributed by atoms with Crippen LogP contribution in [0, 0.1) is 12.8 Å². The van der Waals surface area contributed by atoms with Crippen LogP contribution in [0.15, 0.2) is 48.5 Å². The van der Waals surface area contributed by atoms with Crippen molar-refractivity contribution in [2.75, 3.05) is 0 Å². The Morgan fingerprint density at radius 1 is 1.00 bits per heavy atom. The highest BCUT2D eigenvalue weighted by molar-refractivity contribution is 5.86. The summed E-state index contributed by atoms with van der Waals surface area (Å²) in [6.45, 7) is 7.91. The molecule has 0 aromatic heterocycles. The van der Waals surface area contributed by atoms with Crippen molar-refractivity contribution in [3.8, 4) is 0 Å². The Labute approximate surface area is 162 Å². The Morgan fingerprint density at radius 3 is 2.11 bits per heavy atom. The molecule has 0 bridgehead atoms. The molecule has 0 radical (unpaired) electrons. The predicted octanol–water partition coefficient (Wildman–Crippen LogP) is 5.39. The summed E-state index contributed by atoms with van der Waals surface area (Å²) >= 11 is 0. The van der Waals surface area contributed by atoms with Gasteiger partial charge in [-0.1, -0.05) is 74.4 Å². The third-order valence-electron chi connectivity index (χ3n) is 4.91. The lowest BCUT2D eigenvalue weighted by Gasteiger charge is -2.15. The van der Waals surface area contributed by atoms with Crippen molar-refractivity contribution in [2.24, 2.45) is 5.92 Å². The standard InChI is InChI=1S/C13H14O3.C11H16/c1-8-3-5-10(6-4-8)13-11(9(2)14)7-12(15)16-13;1-3-5-11-8-6-10(4-2)7-9-11/h3-6,11,13H,7H2,1-2H3;6-9H,3-5H2,1-2H3/t11-,13-;/m1./s1. The summed E-state index contributed by atoms with van der Waals surface area (Å²) in [5.41, 5.74) is 4.94. The van der Waals surface area contributed by atoms with Crippen molar-refractivity contribution in [1.82, 2.24) is 0 Å². The highest BCUT2D eigenvalue weighted by atomic mass is 16.6. The maximum Gasteiger partial charge on any atom is 0.307 e. The minimum absolute atomic E-state index is 0.0106. The van der Waals surface area contributed by atoms with Gasteiger partial charge in [0, 0.05) is 0 Å². The van der Waals surface area contributed by atoms with Gasteiger partial charge in [-0.05, 0) is 43.4 Å².